The Bertz CT molecular complexity index is 1080. The molecule has 0 saturated carbocycles. The van der Waals surface area contributed by atoms with Gasteiger partial charge in [0, 0.05) is 24.4 Å². The molecule has 2 heterocycles. The molecule has 1 fully saturated rings. The lowest BCUT2D eigenvalue weighted by Gasteiger charge is -2.26. The van der Waals surface area contributed by atoms with E-state index in [1.165, 1.54) is 16.1 Å². The van der Waals surface area contributed by atoms with Crippen LogP contribution in [0.5, 0.6) is 0 Å². The number of nitrogens with zero attached hydrogens (tertiary/aromatic N) is 3. The number of hydrogen-bond acceptors (Lipinski definition) is 7. The molecular weight excluding hydrogens is 410 g/mol. The Morgan fingerprint density at radius 2 is 1.83 bits per heavy atom. The molecule has 152 valence electrons. The van der Waals surface area contributed by atoms with Gasteiger partial charge in [0.05, 0.1) is 18.1 Å². The molecule has 0 aliphatic carbocycles. The zero-order chi connectivity index (χ0) is 20.3. The maximum atomic E-state index is 12.8. The van der Waals surface area contributed by atoms with E-state index >= 15 is 0 Å². The van der Waals surface area contributed by atoms with Crippen LogP contribution < -0.4 is 0 Å². The van der Waals surface area contributed by atoms with Gasteiger partial charge < -0.3 is 9.15 Å². The second-order valence-corrected chi connectivity index (χ2v) is 9.56. The van der Waals surface area contributed by atoms with Gasteiger partial charge in [-0.15, -0.1) is 10.2 Å². The number of morpholine rings is 1. The Morgan fingerprint density at radius 3 is 2.59 bits per heavy atom. The molecule has 9 heteroatoms. The maximum Gasteiger partial charge on any atom is 0.277 e. The molecule has 1 saturated heterocycles. The molecule has 2 aromatic carbocycles. The smallest absolute Gasteiger partial charge is 0.277 e. The molecule has 0 unspecified atom stereocenters. The molecule has 1 aliphatic heterocycles. The standard InChI is InChI=1S/C20H21N3O4S2/c1-15-5-7-17(8-6-15)19-21-22-20(27-19)28-14-16-3-2-4-18(13-16)29(24,25)23-9-11-26-12-10-23/h2-8,13H,9-12,14H2,1H3. The number of hydrogen-bond donors (Lipinski definition) is 0. The quantitative estimate of drug-likeness (QED) is 0.553. The minimum absolute atomic E-state index is 0.295. The Hall–Kier alpha value is -2.20. The van der Waals surface area contributed by atoms with Crippen molar-refractivity contribution in [2.24, 2.45) is 0 Å². The van der Waals surface area contributed by atoms with E-state index in [1.807, 2.05) is 37.3 Å². The van der Waals surface area contributed by atoms with E-state index < -0.39 is 10.0 Å². The van der Waals surface area contributed by atoms with Crippen LogP contribution in [0.25, 0.3) is 11.5 Å². The summed E-state index contributed by atoms with van der Waals surface area (Å²) >= 11 is 1.38. The van der Waals surface area contributed by atoms with Crippen LogP contribution in [-0.2, 0) is 20.5 Å². The summed E-state index contributed by atoms with van der Waals surface area (Å²) in [5, 5.41) is 8.62. The zero-order valence-corrected chi connectivity index (χ0v) is 17.6. The van der Waals surface area contributed by atoms with E-state index in [2.05, 4.69) is 10.2 Å². The van der Waals surface area contributed by atoms with Crippen molar-refractivity contribution in [3.63, 3.8) is 0 Å². The molecule has 0 radical (unpaired) electrons. The fraction of sp³-hybridized carbons (Fsp3) is 0.300. The van der Waals surface area contributed by atoms with Crippen LogP contribution in [-0.4, -0.2) is 49.2 Å². The summed E-state index contributed by atoms with van der Waals surface area (Å²) in [6, 6.07) is 14.8. The number of thioether (sulfide) groups is 1. The first-order chi connectivity index (χ1) is 14.0. The van der Waals surface area contributed by atoms with Gasteiger partial charge in [-0.1, -0.05) is 41.6 Å². The number of aromatic nitrogens is 2. The molecule has 1 aromatic heterocycles. The predicted molar refractivity (Wildman–Crippen MR) is 110 cm³/mol. The average Bonchev–Trinajstić information content (AvgIpc) is 3.23. The molecule has 0 bridgehead atoms. The van der Waals surface area contributed by atoms with Crippen LogP contribution in [0.4, 0.5) is 0 Å². The summed E-state index contributed by atoms with van der Waals surface area (Å²) < 4.78 is 38.1. The van der Waals surface area contributed by atoms with Gasteiger partial charge in [-0.25, -0.2) is 8.42 Å². The highest BCUT2D eigenvalue weighted by Gasteiger charge is 2.26. The van der Waals surface area contributed by atoms with E-state index in [9.17, 15) is 8.42 Å². The third-order valence-electron chi connectivity index (χ3n) is 4.57. The summed E-state index contributed by atoms with van der Waals surface area (Å²) in [6.45, 7) is 3.63. The van der Waals surface area contributed by atoms with E-state index in [0.717, 1.165) is 16.7 Å². The SMILES string of the molecule is Cc1ccc(-c2nnc(SCc3cccc(S(=O)(=O)N4CCOCC4)c3)o2)cc1. The highest BCUT2D eigenvalue weighted by atomic mass is 32.2. The highest BCUT2D eigenvalue weighted by Crippen LogP contribution is 2.27. The van der Waals surface area contributed by atoms with Crippen LogP contribution in [0, 0.1) is 6.92 Å². The lowest BCUT2D eigenvalue weighted by Crippen LogP contribution is -2.40. The van der Waals surface area contributed by atoms with Crippen LogP contribution in [0.1, 0.15) is 11.1 Å². The largest absolute Gasteiger partial charge is 0.411 e. The van der Waals surface area contributed by atoms with Crippen molar-refractivity contribution in [1.29, 1.82) is 0 Å². The van der Waals surface area contributed by atoms with Gasteiger partial charge in [0.2, 0.25) is 15.9 Å². The number of sulfonamides is 1. The number of rotatable bonds is 6. The van der Waals surface area contributed by atoms with Gasteiger partial charge in [-0.05, 0) is 36.8 Å². The Balaban J connectivity index is 1.44. The van der Waals surface area contributed by atoms with Crippen molar-refractivity contribution >= 4 is 21.8 Å². The van der Waals surface area contributed by atoms with E-state index in [-0.39, 0.29) is 0 Å². The third-order valence-corrected chi connectivity index (χ3v) is 7.36. The molecule has 0 spiro atoms. The van der Waals surface area contributed by atoms with Crippen LogP contribution in [0.2, 0.25) is 0 Å². The van der Waals surface area contributed by atoms with Crippen LogP contribution in [0.3, 0.4) is 0 Å². The molecule has 0 atom stereocenters. The molecule has 7 nitrogen and oxygen atoms in total. The van der Waals surface area contributed by atoms with E-state index in [1.54, 1.807) is 18.2 Å². The van der Waals surface area contributed by atoms with Gasteiger partial charge in [-0.2, -0.15) is 4.31 Å². The van der Waals surface area contributed by atoms with Crippen molar-refractivity contribution in [1.82, 2.24) is 14.5 Å². The van der Waals surface area contributed by atoms with Crippen molar-refractivity contribution in [2.45, 2.75) is 22.8 Å². The molecule has 3 aromatic rings. The number of benzene rings is 2. The highest BCUT2D eigenvalue weighted by molar-refractivity contribution is 7.98. The Kier molecular flexibility index (Phi) is 6.00. The van der Waals surface area contributed by atoms with Gasteiger partial charge in [0.1, 0.15) is 0 Å². The molecule has 0 N–H and O–H groups in total. The van der Waals surface area contributed by atoms with E-state index in [4.69, 9.17) is 9.15 Å². The van der Waals surface area contributed by atoms with E-state index in [0.29, 0.717) is 48.1 Å². The Labute approximate surface area is 174 Å². The maximum absolute atomic E-state index is 12.8. The molecule has 4 rings (SSSR count). The first-order valence-corrected chi connectivity index (χ1v) is 11.7. The first-order valence-electron chi connectivity index (χ1n) is 9.22. The number of ether oxygens (including phenoxy) is 1. The van der Waals surface area contributed by atoms with Crippen molar-refractivity contribution in [3.05, 3.63) is 59.7 Å². The van der Waals surface area contributed by atoms with Gasteiger partial charge in [0.25, 0.3) is 5.22 Å². The second-order valence-electron chi connectivity index (χ2n) is 6.69. The zero-order valence-electron chi connectivity index (χ0n) is 15.9. The fourth-order valence-corrected chi connectivity index (χ4v) is 5.14. The van der Waals surface area contributed by atoms with Gasteiger partial charge in [-0.3, -0.25) is 0 Å². The predicted octanol–water partition coefficient (Wildman–Crippen LogP) is 3.36. The van der Waals surface area contributed by atoms with Crippen molar-refractivity contribution in [3.8, 4) is 11.5 Å². The van der Waals surface area contributed by atoms with Gasteiger partial charge in [0.15, 0.2) is 0 Å². The van der Waals surface area contributed by atoms with Crippen LogP contribution >= 0.6 is 11.8 Å². The van der Waals surface area contributed by atoms with Gasteiger partial charge >= 0.3 is 0 Å². The average molecular weight is 432 g/mol. The normalized spacial score (nSPS) is 15.5. The number of aryl methyl sites for hydroxylation is 1. The second kappa shape index (κ2) is 8.66. The first kappa shape index (κ1) is 20.1. The summed E-state index contributed by atoms with van der Waals surface area (Å²) in [5.41, 5.74) is 2.91. The van der Waals surface area contributed by atoms with Crippen LogP contribution in [0.15, 0.2) is 63.1 Å². The van der Waals surface area contributed by atoms with Crippen molar-refractivity contribution < 1.29 is 17.6 Å². The topological polar surface area (TPSA) is 85.5 Å². The van der Waals surface area contributed by atoms with Crippen molar-refractivity contribution in [2.75, 3.05) is 26.3 Å². The summed E-state index contributed by atoms with van der Waals surface area (Å²) in [7, 11) is -3.51. The lowest BCUT2D eigenvalue weighted by molar-refractivity contribution is 0.0730. The monoisotopic (exact) mass is 431 g/mol. The summed E-state index contributed by atoms with van der Waals surface area (Å²) in [4.78, 5) is 0.295. The molecule has 0 amide bonds. The summed E-state index contributed by atoms with van der Waals surface area (Å²) in [6.07, 6.45) is 0. The summed E-state index contributed by atoms with van der Waals surface area (Å²) in [5.74, 6) is 0.998. The third kappa shape index (κ3) is 4.69. The fourth-order valence-electron chi connectivity index (χ4n) is 2.96. The lowest BCUT2D eigenvalue weighted by atomic mass is 10.1. The molecule has 1 aliphatic rings. The molecular formula is C20H21N3O4S2. The minimum Gasteiger partial charge on any atom is -0.411 e. The molecule has 29 heavy (non-hydrogen) atoms. The Morgan fingerprint density at radius 1 is 1.07 bits per heavy atom. The minimum atomic E-state index is -3.51.